The van der Waals surface area contributed by atoms with Crippen molar-refractivity contribution in [2.75, 3.05) is 11.5 Å². The van der Waals surface area contributed by atoms with Crippen LogP contribution in [-0.2, 0) is 6.61 Å². The van der Waals surface area contributed by atoms with Gasteiger partial charge >= 0.3 is 0 Å². The fraction of sp³-hybridized carbons (Fsp3) is 0.0556. The van der Waals surface area contributed by atoms with E-state index < -0.39 is 11.6 Å². The van der Waals surface area contributed by atoms with Gasteiger partial charge in [0.25, 0.3) is 0 Å². The summed E-state index contributed by atoms with van der Waals surface area (Å²) in [6.07, 6.45) is 0. The van der Waals surface area contributed by atoms with Crippen molar-refractivity contribution in [3.05, 3.63) is 65.2 Å². The topological polar surface area (TPSA) is 111 Å². The van der Waals surface area contributed by atoms with Crippen molar-refractivity contribution in [3.8, 4) is 23.1 Å². The molecular weight excluding hydrogens is 340 g/mol. The van der Waals surface area contributed by atoms with Gasteiger partial charge in [-0.3, -0.25) is 0 Å². The maximum atomic E-state index is 13.2. The van der Waals surface area contributed by atoms with Crippen LogP contribution in [0.4, 0.5) is 20.5 Å². The summed E-state index contributed by atoms with van der Waals surface area (Å²) < 4.78 is 31.5. The fourth-order valence-corrected chi connectivity index (χ4v) is 2.31. The van der Waals surface area contributed by atoms with Crippen LogP contribution in [-0.4, -0.2) is 9.97 Å². The summed E-state index contributed by atoms with van der Waals surface area (Å²) in [5, 5.41) is 9.23. The largest absolute Gasteiger partial charge is 0.489 e. The molecule has 1 aromatic heterocycles. The van der Waals surface area contributed by atoms with E-state index in [0.717, 1.165) is 17.7 Å². The van der Waals surface area contributed by atoms with Crippen LogP contribution in [0.25, 0.3) is 11.3 Å². The molecule has 1 heterocycles. The zero-order valence-electron chi connectivity index (χ0n) is 13.4. The van der Waals surface area contributed by atoms with Crippen molar-refractivity contribution in [1.82, 2.24) is 9.97 Å². The molecule has 4 N–H and O–H groups in total. The zero-order valence-corrected chi connectivity index (χ0v) is 13.4. The second-order valence-corrected chi connectivity index (χ2v) is 5.36. The van der Waals surface area contributed by atoms with Crippen LogP contribution in [0, 0.1) is 23.0 Å². The van der Waals surface area contributed by atoms with Crippen LogP contribution in [0.2, 0.25) is 0 Å². The van der Waals surface area contributed by atoms with E-state index in [1.165, 1.54) is 6.07 Å². The van der Waals surface area contributed by atoms with E-state index in [2.05, 4.69) is 9.97 Å². The molecule has 8 heteroatoms. The summed E-state index contributed by atoms with van der Waals surface area (Å²) in [7, 11) is 0. The Labute approximate surface area is 147 Å². The Morgan fingerprint density at radius 3 is 2.38 bits per heavy atom. The molecule has 0 aliphatic carbocycles. The van der Waals surface area contributed by atoms with E-state index in [4.69, 9.17) is 16.2 Å². The normalized spacial score (nSPS) is 10.3. The van der Waals surface area contributed by atoms with Gasteiger partial charge in [0.05, 0.1) is 5.69 Å². The lowest BCUT2D eigenvalue weighted by Crippen LogP contribution is -2.05. The molecule has 0 aliphatic heterocycles. The number of hydrogen-bond acceptors (Lipinski definition) is 6. The lowest BCUT2D eigenvalue weighted by atomic mass is 10.1. The van der Waals surface area contributed by atoms with Gasteiger partial charge < -0.3 is 16.2 Å². The molecule has 0 unspecified atom stereocenters. The first-order valence-electron chi connectivity index (χ1n) is 7.48. The minimum absolute atomic E-state index is 0.0146. The quantitative estimate of drug-likeness (QED) is 0.746. The van der Waals surface area contributed by atoms with Crippen molar-refractivity contribution in [2.24, 2.45) is 0 Å². The molecule has 0 saturated carbocycles. The van der Waals surface area contributed by atoms with Crippen LogP contribution in [0.1, 0.15) is 11.1 Å². The molecule has 130 valence electrons. The van der Waals surface area contributed by atoms with Crippen LogP contribution >= 0.6 is 0 Å². The first-order valence-corrected chi connectivity index (χ1v) is 7.48. The van der Waals surface area contributed by atoms with E-state index >= 15 is 0 Å². The van der Waals surface area contributed by atoms with E-state index in [-0.39, 0.29) is 29.7 Å². The highest BCUT2D eigenvalue weighted by molar-refractivity contribution is 5.73. The number of ether oxygens (including phenoxy) is 1. The number of nitriles is 1. The van der Waals surface area contributed by atoms with Gasteiger partial charge in [0, 0.05) is 11.6 Å². The van der Waals surface area contributed by atoms with Crippen LogP contribution in [0.3, 0.4) is 0 Å². The summed E-state index contributed by atoms with van der Waals surface area (Å²) >= 11 is 0. The highest BCUT2D eigenvalue weighted by atomic mass is 19.2. The zero-order chi connectivity index (χ0) is 18.7. The summed E-state index contributed by atoms with van der Waals surface area (Å²) in [6, 6.07) is 12.3. The van der Waals surface area contributed by atoms with Gasteiger partial charge in [0.2, 0.25) is 5.95 Å². The van der Waals surface area contributed by atoms with Gasteiger partial charge in [-0.05, 0) is 17.7 Å². The summed E-state index contributed by atoms with van der Waals surface area (Å²) in [4.78, 5) is 7.84. The first-order chi connectivity index (χ1) is 12.5. The second-order valence-electron chi connectivity index (χ2n) is 5.36. The third-order valence-corrected chi connectivity index (χ3v) is 3.59. The molecule has 3 aromatic rings. The highest BCUT2D eigenvalue weighted by Gasteiger charge is 2.13. The maximum absolute atomic E-state index is 13.2. The van der Waals surface area contributed by atoms with Crippen LogP contribution < -0.4 is 16.2 Å². The molecule has 26 heavy (non-hydrogen) atoms. The molecule has 0 bridgehead atoms. The van der Waals surface area contributed by atoms with Gasteiger partial charge in [0.1, 0.15) is 29.8 Å². The van der Waals surface area contributed by atoms with Gasteiger partial charge in [-0.15, -0.1) is 0 Å². The molecule has 2 aromatic carbocycles. The van der Waals surface area contributed by atoms with Crippen LogP contribution in [0.15, 0.2) is 42.5 Å². The fourth-order valence-electron chi connectivity index (χ4n) is 2.31. The standard InChI is InChI=1S/C18H13F2N5O/c19-14-6-5-12(7-15(14)20)26-9-10-1-3-11(4-2-10)16-13(8-21)17(22)25-18(23)24-16/h1-7H,9H2,(H4,22,23,24,25). The maximum Gasteiger partial charge on any atom is 0.222 e. The molecule has 0 saturated heterocycles. The Bertz CT molecular complexity index is 1000. The average molecular weight is 353 g/mol. The monoisotopic (exact) mass is 353 g/mol. The van der Waals surface area contributed by atoms with Crippen molar-refractivity contribution < 1.29 is 13.5 Å². The minimum atomic E-state index is -0.971. The number of hydrogen-bond donors (Lipinski definition) is 2. The summed E-state index contributed by atoms with van der Waals surface area (Å²) in [5.41, 5.74) is 13.2. The molecule has 0 spiro atoms. The van der Waals surface area contributed by atoms with Gasteiger partial charge in [-0.2, -0.15) is 10.2 Å². The molecule has 3 rings (SSSR count). The molecule has 0 atom stereocenters. The SMILES string of the molecule is N#Cc1c(N)nc(N)nc1-c1ccc(COc2ccc(F)c(F)c2)cc1. The van der Waals surface area contributed by atoms with Crippen LogP contribution in [0.5, 0.6) is 5.75 Å². The average Bonchev–Trinajstić information content (AvgIpc) is 2.62. The Balaban J connectivity index is 1.79. The van der Waals surface area contributed by atoms with Crippen molar-refractivity contribution >= 4 is 11.8 Å². The first kappa shape index (κ1) is 17.1. The molecule has 0 amide bonds. The number of rotatable bonds is 4. The Morgan fingerprint density at radius 1 is 1.00 bits per heavy atom. The second kappa shape index (κ2) is 7.03. The predicted octanol–water partition coefficient (Wildman–Crippen LogP) is 3.04. The van der Waals surface area contributed by atoms with Crippen molar-refractivity contribution in [2.45, 2.75) is 6.61 Å². The molecule has 6 nitrogen and oxygen atoms in total. The Morgan fingerprint density at radius 2 is 1.73 bits per heavy atom. The van der Waals surface area contributed by atoms with E-state index in [9.17, 15) is 14.0 Å². The van der Waals surface area contributed by atoms with Gasteiger partial charge in [0.15, 0.2) is 11.6 Å². The number of nitrogens with two attached hydrogens (primary N) is 2. The Hall–Kier alpha value is -3.73. The van der Waals surface area contributed by atoms with Gasteiger partial charge in [-0.25, -0.2) is 13.8 Å². The lowest BCUT2D eigenvalue weighted by Gasteiger charge is -2.09. The lowest BCUT2D eigenvalue weighted by molar-refractivity contribution is 0.303. The minimum Gasteiger partial charge on any atom is -0.489 e. The molecule has 0 fully saturated rings. The number of anilines is 2. The third kappa shape index (κ3) is 3.52. The summed E-state index contributed by atoms with van der Waals surface area (Å²) in [6.45, 7) is 0.157. The number of halogens is 2. The molecule has 0 aliphatic rings. The highest BCUT2D eigenvalue weighted by Crippen LogP contribution is 2.26. The smallest absolute Gasteiger partial charge is 0.222 e. The number of benzene rings is 2. The predicted molar refractivity (Wildman–Crippen MR) is 91.7 cm³/mol. The van der Waals surface area contributed by atoms with E-state index in [1.54, 1.807) is 24.3 Å². The number of nitrogen functional groups attached to an aromatic ring is 2. The van der Waals surface area contributed by atoms with E-state index in [1.807, 2.05) is 6.07 Å². The van der Waals surface area contributed by atoms with Crippen molar-refractivity contribution in [3.63, 3.8) is 0 Å². The Kier molecular flexibility index (Phi) is 4.62. The third-order valence-electron chi connectivity index (χ3n) is 3.59. The van der Waals surface area contributed by atoms with E-state index in [0.29, 0.717) is 11.3 Å². The van der Waals surface area contributed by atoms with Gasteiger partial charge in [-0.1, -0.05) is 24.3 Å². The number of nitrogens with zero attached hydrogens (tertiary/aromatic N) is 3. The van der Waals surface area contributed by atoms with Crippen molar-refractivity contribution in [1.29, 1.82) is 5.26 Å². The number of aromatic nitrogens is 2. The molecular formula is C18H13F2N5O. The molecule has 0 radical (unpaired) electrons. The summed E-state index contributed by atoms with van der Waals surface area (Å²) in [5.74, 6) is -1.70.